The van der Waals surface area contributed by atoms with Crippen molar-refractivity contribution in [2.75, 3.05) is 19.6 Å². The summed E-state index contributed by atoms with van der Waals surface area (Å²) < 4.78 is 0. The maximum Gasteiger partial charge on any atom is 0.00955 e. The molecule has 0 aromatic rings. The predicted octanol–water partition coefficient (Wildman–Crippen LogP) is 2.64. The fourth-order valence-electron chi connectivity index (χ4n) is 3.59. The van der Waals surface area contributed by atoms with Gasteiger partial charge in [0.1, 0.15) is 0 Å². The van der Waals surface area contributed by atoms with Crippen molar-refractivity contribution >= 4 is 0 Å². The van der Waals surface area contributed by atoms with E-state index >= 15 is 0 Å². The molecule has 1 unspecified atom stereocenters. The molecule has 0 aromatic heterocycles. The van der Waals surface area contributed by atoms with E-state index in [4.69, 9.17) is 0 Å². The van der Waals surface area contributed by atoms with E-state index in [1.54, 1.807) is 0 Å². The highest BCUT2D eigenvalue weighted by atomic mass is 15.2. The van der Waals surface area contributed by atoms with Crippen LogP contribution in [0, 0.1) is 11.8 Å². The molecule has 2 heteroatoms. The third-order valence-corrected chi connectivity index (χ3v) is 5.09. The molecule has 3 aliphatic rings. The van der Waals surface area contributed by atoms with E-state index < -0.39 is 0 Å². The summed E-state index contributed by atoms with van der Waals surface area (Å²) in [6, 6.07) is 1.82. The molecule has 0 aromatic carbocycles. The number of hydrogen-bond donors (Lipinski definition) is 1. The Kier molecular flexibility index (Phi) is 3.72. The van der Waals surface area contributed by atoms with Crippen LogP contribution in [-0.2, 0) is 0 Å². The van der Waals surface area contributed by atoms with Crippen LogP contribution in [0.2, 0.25) is 0 Å². The molecule has 0 bridgehead atoms. The molecule has 3 fully saturated rings. The molecule has 1 saturated heterocycles. The van der Waals surface area contributed by atoms with Gasteiger partial charge in [0.2, 0.25) is 0 Å². The summed E-state index contributed by atoms with van der Waals surface area (Å²) in [5.41, 5.74) is 0. The summed E-state index contributed by atoms with van der Waals surface area (Å²) in [6.45, 7) is 6.45. The zero-order chi connectivity index (χ0) is 11.7. The van der Waals surface area contributed by atoms with Gasteiger partial charge in [0.25, 0.3) is 0 Å². The van der Waals surface area contributed by atoms with Crippen LogP contribution in [0.3, 0.4) is 0 Å². The second-order valence-electron chi connectivity index (χ2n) is 6.75. The van der Waals surface area contributed by atoms with Gasteiger partial charge in [0.15, 0.2) is 0 Å². The van der Waals surface area contributed by atoms with Crippen LogP contribution in [0.15, 0.2) is 0 Å². The lowest BCUT2D eigenvalue weighted by atomic mass is 9.87. The van der Waals surface area contributed by atoms with Gasteiger partial charge in [0.05, 0.1) is 0 Å². The van der Waals surface area contributed by atoms with Crippen molar-refractivity contribution in [2.45, 2.75) is 64.0 Å². The first-order valence-electron chi connectivity index (χ1n) is 7.78. The molecule has 1 heterocycles. The molecule has 17 heavy (non-hydrogen) atoms. The lowest BCUT2D eigenvalue weighted by Gasteiger charge is -2.33. The van der Waals surface area contributed by atoms with E-state index in [1.807, 2.05) is 0 Å². The SMILES string of the molecule is CC1CCC(N2CCC(CNC3CC3)C2)CC1. The van der Waals surface area contributed by atoms with E-state index in [1.165, 1.54) is 64.6 Å². The number of hydrogen-bond acceptors (Lipinski definition) is 2. The second kappa shape index (κ2) is 5.27. The van der Waals surface area contributed by atoms with Crippen molar-refractivity contribution < 1.29 is 0 Å². The quantitative estimate of drug-likeness (QED) is 0.807. The molecule has 1 atom stereocenters. The largest absolute Gasteiger partial charge is 0.314 e. The van der Waals surface area contributed by atoms with Crippen LogP contribution in [0.5, 0.6) is 0 Å². The van der Waals surface area contributed by atoms with Gasteiger partial charge in [-0.3, -0.25) is 0 Å². The van der Waals surface area contributed by atoms with Crippen LogP contribution in [0.25, 0.3) is 0 Å². The van der Waals surface area contributed by atoms with E-state index in [0.29, 0.717) is 0 Å². The third-order valence-electron chi connectivity index (χ3n) is 5.09. The van der Waals surface area contributed by atoms with E-state index in [9.17, 15) is 0 Å². The number of likely N-dealkylation sites (tertiary alicyclic amines) is 1. The highest BCUT2D eigenvalue weighted by molar-refractivity contribution is 4.87. The van der Waals surface area contributed by atoms with E-state index in [-0.39, 0.29) is 0 Å². The Balaban J connectivity index is 1.40. The highest BCUT2D eigenvalue weighted by Gasteiger charge is 2.31. The molecular weight excluding hydrogens is 208 g/mol. The summed E-state index contributed by atoms with van der Waals surface area (Å²) in [6.07, 6.45) is 10.1. The normalized spacial score (nSPS) is 39.7. The van der Waals surface area contributed by atoms with E-state index in [2.05, 4.69) is 17.1 Å². The summed E-state index contributed by atoms with van der Waals surface area (Å²) in [4.78, 5) is 2.80. The number of nitrogens with one attached hydrogen (secondary N) is 1. The van der Waals surface area contributed by atoms with Gasteiger partial charge in [-0.05, 0) is 69.9 Å². The smallest absolute Gasteiger partial charge is 0.00955 e. The van der Waals surface area contributed by atoms with Crippen molar-refractivity contribution in [1.82, 2.24) is 10.2 Å². The summed E-state index contributed by atoms with van der Waals surface area (Å²) >= 11 is 0. The van der Waals surface area contributed by atoms with Crippen molar-refractivity contribution in [3.8, 4) is 0 Å². The minimum absolute atomic E-state index is 0.889. The average Bonchev–Trinajstić information content (AvgIpc) is 3.06. The van der Waals surface area contributed by atoms with Gasteiger partial charge in [-0.2, -0.15) is 0 Å². The standard InChI is InChI=1S/C15H28N2/c1-12-2-6-15(7-3-12)17-9-8-13(11-17)10-16-14-4-5-14/h12-16H,2-11H2,1H3. The molecule has 2 nitrogen and oxygen atoms in total. The van der Waals surface area contributed by atoms with Gasteiger partial charge in [-0.25, -0.2) is 0 Å². The first-order valence-corrected chi connectivity index (χ1v) is 7.78. The van der Waals surface area contributed by atoms with Gasteiger partial charge in [-0.15, -0.1) is 0 Å². The minimum Gasteiger partial charge on any atom is -0.314 e. The van der Waals surface area contributed by atoms with E-state index in [0.717, 1.165) is 23.9 Å². The topological polar surface area (TPSA) is 15.3 Å². The van der Waals surface area contributed by atoms with Crippen molar-refractivity contribution in [1.29, 1.82) is 0 Å². The number of nitrogens with zero attached hydrogens (tertiary/aromatic N) is 1. The Morgan fingerprint density at radius 1 is 1.00 bits per heavy atom. The van der Waals surface area contributed by atoms with Crippen LogP contribution in [-0.4, -0.2) is 36.6 Å². The Bertz CT molecular complexity index is 241. The van der Waals surface area contributed by atoms with Gasteiger partial charge in [0, 0.05) is 18.6 Å². The fourth-order valence-corrected chi connectivity index (χ4v) is 3.59. The number of rotatable bonds is 4. The van der Waals surface area contributed by atoms with Crippen LogP contribution in [0.4, 0.5) is 0 Å². The van der Waals surface area contributed by atoms with Crippen LogP contribution >= 0.6 is 0 Å². The fraction of sp³-hybridized carbons (Fsp3) is 1.00. The lowest BCUT2D eigenvalue weighted by Crippen LogP contribution is -2.37. The maximum atomic E-state index is 3.70. The Morgan fingerprint density at radius 2 is 1.76 bits per heavy atom. The first-order chi connectivity index (χ1) is 8.31. The van der Waals surface area contributed by atoms with Gasteiger partial charge < -0.3 is 10.2 Å². The molecule has 0 radical (unpaired) electrons. The van der Waals surface area contributed by atoms with Gasteiger partial charge >= 0.3 is 0 Å². The summed E-state index contributed by atoms with van der Waals surface area (Å²) in [7, 11) is 0. The molecular formula is C15H28N2. The molecule has 2 aliphatic carbocycles. The van der Waals surface area contributed by atoms with Crippen LogP contribution < -0.4 is 5.32 Å². The molecule has 0 amide bonds. The Hall–Kier alpha value is -0.0800. The summed E-state index contributed by atoms with van der Waals surface area (Å²) in [5, 5.41) is 3.70. The average molecular weight is 236 g/mol. The molecule has 3 rings (SSSR count). The first kappa shape index (κ1) is 12.0. The highest BCUT2D eigenvalue weighted by Crippen LogP contribution is 2.30. The molecule has 1 N–H and O–H groups in total. The predicted molar refractivity (Wildman–Crippen MR) is 72.1 cm³/mol. The van der Waals surface area contributed by atoms with Gasteiger partial charge in [-0.1, -0.05) is 6.92 Å². The monoisotopic (exact) mass is 236 g/mol. The zero-order valence-electron chi connectivity index (χ0n) is 11.3. The van der Waals surface area contributed by atoms with Crippen LogP contribution in [0.1, 0.15) is 51.9 Å². The minimum atomic E-state index is 0.889. The summed E-state index contributed by atoms with van der Waals surface area (Å²) in [5.74, 6) is 1.93. The Labute approximate surface area is 106 Å². The van der Waals surface area contributed by atoms with Crippen molar-refractivity contribution in [2.24, 2.45) is 11.8 Å². The molecule has 2 saturated carbocycles. The second-order valence-corrected chi connectivity index (χ2v) is 6.75. The maximum absolute atomic E-state index is 3.70. The Morgan fingerprint density at radius 3 is 2.47 bits per heavy atom. The third kappa shape index (κ3) is 3.23. The van der Waals surface area contributed by atoms with Crippen molar-refractivity contribution in [3.05, 3.63) is 0 Å². The van der Waals surface area contributed by atoms with Crippen molar-refractivity contribution in [3.63, 3.8) is 0 Å². The zero-order valence-corrected chi connectivity index (χ0v) is 11.3. The molecule has 0 spiro atoms. The molecule has 98 valence electrons. The lowest BCUT2D eigenvalue weighted by molar-refractivity contribution is 0.164. The molecule has 1 aliphatic heterocycles.